The number of hydrogen-bond acceptors (Lipinski definition) is 4. The molecule has 1 heterocycles. The summed E-state index contributed by atoms with van der Waals surface area (Å²) in [5.41, 5.74) is 1.71. The summed E-state index contributed by atoms with van der Waals surface area (Å²) < 4.78 is 45.4. The first-order valence-corrected chi connectivity index (χ1v) is 10.7. The Bertz CT molecular complexity index is 918. The van der Waals surface area contributed by atoms with Gasteiger partial charge in [-0.1, -0.05) is 29.8 Å². The number of ether oxygens (including phenoxy) is 1. The average Bonchev–Trinajstić information content (AvgIpc) is 2.69. The zero-order chi connectivity index (χ0) is 20.3. The standard InChI is InChI=1S/C21H24FNO4S/c1-15-3-9-20(10-4-15)28(25,26)23-13-11-18(12-14-23)21(24)27-16(2)17-5-7-19(22)8-6-17/h3-10,16,18H,11-14H2,1-2H3. The Morgan fingerprint density at radius 2 is 1.64 bits per heavy atom. The molecule has 0 amide bonds. The summed E-state index contributed by atoms with van der Waals surface area (Å²) in [4.78, 5) is 12.7. The van der Waals surface area contributed by atoms with Gasteiger partial charge in [-0.2, -0.15) is 4.31 Å². The Labute approximate surface area is 165 Å². The summed E-state index contributed by atoms with van der Waals surface area (Å²) in [6.07, 6.45) is 0.350. The second-order valence-electron chi connectivity index (χ2n) is 7.12. The molecule has 1 unspecified atom stereocenters. The second kappa shape index (κ2) is 8.41. The number of aryl methyl sites for hydroxylation is 1. The van der Waals surface area contributed by atoms with E-state index in [9.17, 15) is 17.6 Å². The van der Waals surface area contributed by atoms with Crippen molar-refractivity contribution < 1.29 is 22.3 Å². The van der Waals surface area contributed by atoms with Crippen LogP contribution < -0.4 is 0 Å². The van der Waals surface area contributed by atoms with Gasteiger partial charge in [-0.15, -0.1) is 0 Å². The van der Waals surface area contributed by atoms with Crippen LogP contribution in [0, 0.1) is 18.7 Å². The number of sulfonamides is 1. The minimum absolute atomic E-state index is 0.268. The van der Waals surface area contributed by atoms with Crippen molar-refractivity contribution in [2.45, 2.75) is 37.7 Å². The molecule has 0 spiro atoms. The molecule has 0 aromatic heterocycles. The SMILES string of the molecule is Cc1ccc(S(=O)(=O)N2CCC(C(=O)OC(C)c3ccc(F)cc3)CC2)cc1. The monoisotopic (exact) mass is 405 g/mol. The summed E-state index contributed by atoms with van der Waals surface area (Å²) in [6.45, 7) is 4.20. The number of carbonyl (C=O) groups excluding carboxylic acids is 1. The molecule has 0 bridgehead atoms. The molecule has 7 heteroatoms. The van der Waals surface area contributed by atoms with Crippen LogP contribution in [0.2, 0.25) is 0 Å². The van der Waals surface area contributed by atoms with Gasteiger partial charge in [-0.05, 0) is 56.5 Å². The lowest BCUT2D eigenvalue weighted by molar-refractivity contribution is -0.155. The van der Waals surface area contributed by atoms with Gasteiger partial charge < -0.3 is 4.74 Å². The highest BCUT2D eigenvalue weighted by Gasteiger charge is 2.33. The second-order valence-corrected chi connectivity index (χ2v) is 9.06. The molecular formula is C21H24FNO4S. The molecule has 150 valence electrons. The van der Waals surface area contributed by atoms with Gasteiger partial charge in [-0.3, -0.25) is 4.79 Å². The van der Waals surface area contributed by atoms with Gasteiger partial charge in [0.05, 0.1) is 10.8 Å². The zero-order valence-corrected chi connectivity index (χ0v) is 16.8. The Hall–Kier alpha value is -2.25. The number of hydrogen-bond donors (Lipinski definition) is 0. The van der Waals surface area contributed by atoms with Gasteiger partial charge in [0.1, 0.15) is 11.9 Å². The van der Waals surface area contributed by atoms with Crippen LogP contribution in [-0.2, 0) is 19.6 Å². The third-order valence-electron chi connectivity index (χ3n) is 5.08. The lowest BCUT2D eigenvalue weighted by Gasteiger charge is -2.30. The van der Waals surface area contributed by atoms with Gasteiger partial charge in [0.25, 0.3) is 0 Å². The number of carbonyl (C=O) groups is 1. The molecule has 1 saturated heterocycles. The van der Waals surface area contributed by atoms with Crippen LogP contribution in [0.4, 0.5) is 4.39 Å². The fourth-order valence-electron chi connectivity index (χ4n) is 3.26. The van der Waals surface area contributed by atoms with Crippen molar-refractivity contribution in [1.29, 1.82) is 0 Å². The number of nitrogens with zero attached hydrogens (tertiary/aromatic N) is 1. The molecule has 3 rings (SSSR count). The summed E-state index contributed by atoms with van der Waals surface area (Å²) in [7, 11) is -3.55. The van der Waals surface area contributed by atoms with Crippen molar-refractivity contribution in [3.8, 4) is 0 Å². The van der Waals surface area contributed by atoms with E-state index in [1.807, 2.05) is 6.92 Å². The van der Waals surface area contributed by atoms with Crippen molar-refractivity contribution in [1.82, 2.24) is 4.31 Å². The smallest absolute Gasteiger partial charge is 0.309 e. The molecule has 2 aromatic carbocycles. The molecule has 1 fully saturated rings. The first-order chi connectivity index (χ1) is 13.3. The van der Waals surface area contributed by atoms with Crippen LogP contribution >= 0.6 is 0 Å². The lowest BCUT2D eigenvalue weighted by atomic mass is 9.98. The highest BCUT2D eigenvalue weighted by Crippen LogP contribution is 2.27. The van der Waals surface area contributed by atoms with Crippen molar-refractivity contribution in [2.24, 2.45) is 5.92 Å². The summed E-state index contributed by atoms with van der Waals surface area (Å²) in [5.74, 6) is -1.03. The molecule has 0 saturated carbocycles. The quantitative estimate of drug-likeness (QED) is 0.709. The summed E-state index contributed by atoms with van der Waals surface area (Å²) in [5, 5.41) is 0. The molecule has 1 atom stereocenters. The maximum atomic E-state index is 13.0. The number of benzene rings is 2. The predicted octanol–water partition coefficient (Wildman–Crippen LogP) is 3.84. The van der Waals surface area contributed by atoms with Crippen LogP contribution in [0.1, 0.15) is 37.0 Å². The molecule has 0 aliphatic carbocycles. The number of esters is 1. The minimum atomic E-state index is -3.55. The van der Waals surface area contributed by atoms with Crippen LogP contribution in [0.15, 0.2) is 53.4 Å². The van der Waals surface area contributed by atoms with Crippen LogP contribution in [-0.4, -0.2) is 31.8 Å². The van der Waals surface area contributed by atoms with Gasteiger partial charge >= 0.3 is 5.97 Å². The van der Waals surface area contributed by atoms with E-state index in [1.54, 1.807) is 43.3 Å². The Morgan fingerprint density at radius 1 is 1.07 bits per heavy atom. The van der Waals surface area contributed by atoms with Crippen molar-refractivity contribution >= 4 is 16.0 Å². The summed E-state index contributed by atoms with van der Waals surface area (Å²) >= 11 is 0. The number of halogens is 1. The normalized spacial score (nSPS) is 17.2. The molecule has 28 heavy (non-hydrogen) atoms. The molecule has 2 aromatic rings. The van der Waals surface area contributed by atoms with E-state index >= 15 is 0 Å². The predicted molar refractivity (Wildman–Crippen MR) is 104 cm³/mol. The third kappa shape index (κ3) is 4.59. The molecular weight excluding hydrogens is 381 g/mol. The Morgan fingerprint density at radius 3 is 2.21 bits per heavy atom. The average molecular weight is 405 g/mol. The maximum absolute atomic E-state index is 13.0. The van der Waals surface area contributed by atoms with Crippen molar-refractivity contribution in [3.05, 3.63) is 65.5 Å². The van der Waals surface area contributed by atoms with Crippen LogP contribution in [0.5, 0.6) is 0 Å². The fourth-order valence-corrected chi connectivity index (χ4v) is 4.73. The van der Waals surface area contributed by atoms with Gasteiger partial charge in [0, 0.05) is 13.1 Å². The molecule has 1 aliphatic rings. The highest BCUT2D eigenvalue weighted by molar-refractivity contribution is 7.89. The van der Waals surface area contributed by atoms with E-state index in [0.29, 0.717) is 18.4 Å². The molecule has 5 nitrogen and oxygen atoms in total. The largest absolute Gasteiger partial charge is 0.458 e. The van der Waals surface area contributed by atoms with E-state index < -0.39 is 16.1 Å². The first kappa shape index (κ1) is 20.5. The van der Waals surface area contributed by atoms with Gasteiger partial charge in [0.15, 0.2) is 0 Å². The lowest BCUT2D eigenvalue weighted by Crippen LogP contribution is -2.40. The molecule has 1 aliphatic heterocycles. The highest BCUT2D eigenvalue weighted by atomic mass is 32.2. The van der Waals surface area contributed by atoms with Crippen LogP contribution in [0.3, 0.4) is 0 Å². The topological polar surface area (TPSA) is 63.7 Å². The van der Waals surface area contributed by atoms with Crippen LogP contribution in [0.25, 0.3) is 0 Å². The first-order valence-electron chi connectivity index (χ1n) is 9.30. The maximum Gasteiger partial charge on any atom is 0.309 e. The van der Waals surface area contributed by atoms with Gasteiger partial charge in [-0.25, -0.2) is 12.8 Å². The Balaban J connectivity index is 1.57. The fraction of sp³-hybridized carbons (Fsp3) is 0.381. The Kier molecular flexibility index (Phi) is 6.15. The van der Waals surface area contributed by atoms with E-state index in [0.717, 1.165) is 5.56 Å². The van der Waals surface area contributed by atoms with E-state index in [4.69, 9.17) is 4.74 Å². The zero-order valence-electron chi connectivity index (χ0n) is 16.0. The van der Waals surface area contributed by atoms with Crippen molar-refractivity contribution in [2.75, 3.05) is 13.1 Å². The molecule has 0 radical (unpaired) electrons. The number of rotatable bonds is 5. The van der Waals surface area contributed by atoms with Crippen molar-refractivity contribution in [3.63, 3.8) is 0 Å². The van der Waals surface area contributed by atoms with Gasteiger partial charge in [0.2, 0.25) is 10.0 Å². The van der Waals surface area contributed by atoms with E-state index in [1.165, 1.54) is 16.4 Å². The van der Waals surface area contributed by atoms with E-state index in [-0.39, 0.29) is 35.7 Å². The number of piperidine rings is 1. The van der Waals surface area contributed by atoms with E-state index in [2.05, 4.69) is 0 Å². The summed E-state index contributed by atoms with van der Waals surface area (Å²) in [6, 6.07) is 12.6. The third-order valence-corrected chi connectivity index (χ3v) is 6.99. The minimum Gasteiger partial charge on any atom is -0.458 e. The molecule has 0 N–H and O–H groups in total.